The third-order valence-electron chi connectivity index (χ3n) is 3.22. The van der Waals surface area contributed by atoms with E-state index in [-0.39, 0.29) is 0 Å². The van der Waals surface area contributed by atoms with Crippen molar-refractivity contribution in [2.45, 2.75) is 36.6 Å². The molecule has 1 aliphatic rings. The lowest BCUT2D eigenvalue weighted by molar-refractivity contribution is -0.384. The molecule has 0 aliphatic heterocycles. The number of phosphoric ester groups is 5. The Morgan fingerprint density at radius 1 is 0.406 bits per heavy atom. The third-order valence-corrected chi connectivity index (χ3v) is 5.73. The maximum absolute atomic E-state index is 11.0. The van der Waals surface area contributed by atoms with Crippen molar-refractivity contribution in [3.05, 3.63) is 0 Å². The summed E-state index contributed by atoms with van der Waals surface area (Å²) >= 11 is 0. The maximum atomic E-state index is 11.0. The highest BCUT2D eigenvalue weighted by atomic mass is 31.2. The van der Waals surface area contributed by atoms with Crippen LogP contribution in [0.3, 0.4) is 0 Å². The first kappa shape index (κ1) is 30.5. The Morgan fingerprint density at radius 3 is 0.750 bits per heavy atom. The number of aliphatic hydroxyl groups is 1. The summed E-state index contributed by atoms with van der Waals surface area (Å²) in [5.74, 6) is 0. The average Bonchev–Trinajstić information content (AvgIpc) is 2.45. The molecule has 1 saturated carbocycles. The van der Waals surface area contributed by atoms with Gasteiger partial charge >= 0.3 is 0 Å². The highest BCUT2D eigenvalue weighted by molar-refractivity contribution is 7.44. The summed E-state index contributed by atoms with van der Waals surface area (Å²) in [4.78, 5) is 109. The fourth-order valence-corrected chi connectivity index (χ4v) is 5.19. The summed E-state index contributed by atoms with van der Waals surface area (Å²) in [6.45, 7) is 0. The number of rotatable bonds is 10. The topological polar surface area (TPSA) is 382 Å². The van der Waals surface area contributed by atoms with Crippen LogP contribution in [0.4, 0.5) is 0 Å². The van der Waals surface area contributed by atoms with Crippen molar-refractivity contribution in [1.29, 1.82) is 0 Å². The molecule has 0 bridgehead atoms. The molecule has 0 amide bonds. The molecule has 26 heteroatoms. The first-order valence-electron chi connectivity index (χ1n) is 7.09. The van der Waals surface area contributed by atoms with E-state index >= 15 is 0 Å². The molecule has 0 spiro atoms. The fourth-order valence-electron chi connectivity index (χ4n) is 2.49. The zero-order valence-corrected chi connectivity index (χ0v) is 18.8. The minimum absolute atomic E-state index is 3.20. The average molecular weight is 570 g/mol. The highest BCUT2D eigenvalue weighted by Crippen LogP contribution is 2.49. The van der Waals surface area contributed by atoms with Gasteiger partial charge in [-0.15, -0.1) is 0 Å². The fraction of sp³-hybridized carbons (Fsp3) is 1.00. The largest absolute Gasteiger partial charge is 0.790 e. The van der Waals surface area contributed by atoms with E-state index in [0.717, 1.165) is 0 Å². The van der Waals surface area contributed by atoms with Crippen molar-refractivity contribution in [3.8, 4) is 0 Å². The van der Waals surface area contributed by atoms with Gasteiger partial charge in [0.15, 0.2) is 0 Å². The van der Waals surface area contributed by atoms with Gasteiger partial charge in [0.1, 0.15) is 36.6 Å². The van der Waals surface area contributed by atoms with E-state index in [9.17, 15) is 76.9 Å². The van der Waals surface area contributed by atoms with E-state index in [4.69, 9.17) is 0 Å². The van der Waals surface area contributed by atoms with Crippen molar-refractivity contribution in [1.82, 2.24) is 0 Å². The second kappa shape index (κ2) is 10.2. The molecule has 0 radical (unpaired) electrons. The molecular formula is C6H7O21P5-10. The first-order chi connectivity index (χ1) is 13.9. The molecule has 0 saturated heterocycles. The van der Waals surface area contributed by atoms with Gasteiger partial charge in [-0.2, -0.15) is 0 Å². The smallest absolute Gasteiger partial charge is 0.121 e. The van der Waals surface area contributed by atoms with Crippen molar-refractivity contribution in [3.63, 3.8) is 0 Å². The number of aliphatic hydroxyl groups excluding tert-OH is 1. The van der Waals surface area contributed by atoms with Gasteiger partial charge in [0.25, 0.3) is 0 Å². The lowest BCUT2D eigenvalue weighted by atomic mass is 9.85. The summed E-state index contributed by atoms with van der Waals surface area (Å²) in [6, 6.07) is 0. The number of hydrogen-bond acceptors (Lipinski definition) is 21. The van der Waals surface area contributed by atoms with Gasteiger partial charge in [-0.3, -0.25) is 0 Å². The summed E-state index contributed by atoms with van der Waals surface area (Å²) in [7, 11) is -32.2. The third kappa shape index (κ3) is 10.8. The normalized spacial score (nSPS) is 31.0. The molecule has 1 N–H and O–H groups in total. The number of hydrogen-bond donors (Lipinski definition) is 1. The van der Waals surface area contributed by atoms with E-state index in [2.05, 4.69) is 22.6 Å². The van der Waals surface area contributed by atoms with Crippen LogP contribution in [0.25, 0.3) is 0 Å². The van der Waals surface area contributed by atoms with E-state index in [0.29, 0.717) is 0 Å². The number of phosphoric acid groups is 5. The van der Waals surface area contributed by atoms with Gasteiger partial charge in [0.05, 0.1) is 39.1 Å². The minimum Gasteiger partial charge on any atom is -0.790 e. The van der Waals surface area contributed by atoms with Gasteiger partial charge in [-0.25, -0.2) is 0 Å². The molecule has 0 aromatic rings. The molecule has 4 atom stereocenters. The molecule has 1 rings (SSSR count). The lowest BCUT2D eigenvalue weighted by Gasteiger charge is -2.55. The van der Waals surface area contributed by atoms with Gasteiger partial charge in [-0.1, -0.05) is 0 Å². The van der Waals surface area contributed by atoms with Crippen molar-refractivity contribution in [2.24, 2.45) is 0 Å². The second-order valence-corrected chi connectivity index (χ2v) is 11.1. The van der Waals surface area contributed by atoms with Gasteiger partial charge in [0, 0.05) is 0 Å². The van der Waals surface area contributed by atoms with Crippen molar-refractivity contribution < 1.29 is 99.5 Å². The van der Waals surface area contributed by atoms with E-state index < -0.39 is 75.7 Å². The van der Waals surface area contributed by atoms with Crippen molar-refractivity contribution in [2.75, 3.05) is 0 Å². The van der Waals surface area contributed by atoms with Crippen LogP contribution < -0.4 is 48.9 Å². The summed E-state index contributed by atoms with van der Waals surface area (Å²) in [6.07, 6.45) is -19.5. The predicted octanol–water partition coefficient (Wildman–Crippen LogP) is -9.57. The van der Waals surface area contributed by atoms with Crippen LogP contribution in [0.1, 0.15) is 0 Å². The van der Waals surface area contributed by atoms with Crippen molar-refractivity contribution >= 4 is 39.1 Å². The second-order valence-electron chi connectivity index (χ2n) is 5.58. The SMILES string of the molecule is O=P([O-])([O-])OC1C(O)C(OP(=O)([O-])[O-])C(OP(=O)([O-])[O-])C(OP(=O)([O-])[O-])C1OP(=O)([O-])[O-]. The Morgan fingerprint density at radius 2 is 0.562 bits per heavy atom. The monoisotopic (exact) mass is 570 g/mol. The van der Waals surface area contributed by atoms with Gasteiger partial charge < -0.3 is 99.5 Å². The summed E-state index contributed by atoms with van der Waals surface area (Å²) in [5.41, 5.74) is 0. The Balaban J connectivity index is 3.77. The lowest BCUT2D eigenvalue weighted by Crippen LogP contribution is -2.67. The van der Waals surface area contributed by atoms with Crippen LogP contribution in [0.15, 0.2) is 0 Å². The molecule has 21 nitrogen and oxygen atoms in total. The van der Waals surface area contributed by atoms with E-state index in [1.807, 2.05) is 0 Å². The molecule has 0 aromatic heterocycles. The molecule has 192 valence electrons. The Labute approximate surface area is 176 Å². The van der Waals surface area contributed by atoms with Crippen LogP contribution in [0, 0.1) is 0 Å². The quantitative estimate of drug-likeness (QED) is 0.238. The molecule has 0 aromatic carbocycles. The van der Waals surface area contributed by atoms with Crippen LogP contribution in [0.2, 0.25) is 0 Å². The summed E-state index contributed by atoms with van der Waals surface area (Å²) in [5, 5.41) is 10.0. The molecule has 4 unspecified atom stereocenters. The van der Waals surface area contributed by atoms with Gasteiger partial charge in [-0.05, 0) is 0 Å². The molecule has 1 aliphatic carbocycles. The van der Waals surface area contributed by atoms with E-state index in [1.165, 1.54) is 0 Å². The molecule has 32 heavy (non-hydrogen) atoms. The standard InChI is InChI=1S/C6H17O21P5/c7-1-2(23-28(8,9)10)4(25-30(14,15)16)6(27-32(20,21)22)5(26-31(17,18)19)3(1)24-29(11,12)13/h1-7H,(H2,8,9,10)(H2,11,12,13)(H2,14,15,16)(H2,17,18,19)(H2,20,21,22)/p-10. The van der Waals surface area contributed by atoms with Crippen LogP contribution >= 0.6 is 39.1 Å². The minimum atomic E-state index is -6.51. The van der Waals surface area contributed by atoms with Gasteiger partial charge in [0.2, 0.25) is 0 Å². The first-order valence-corrected chi connectivity index (χ1v) is 14.4. The predicted molar refractivity (Wildman–Crippen MR) is 68.4 cm³/mol. The van der Waals surface area contributed by atoms with Crippen LogP contribution in [-0.2, 0) is 45.4 Å². The zero-order valence-electron chi connectivity index (χ0n) is 14.3. The van der Waals surface area contributed by atoms with Crippen LogP contribution in [0.5, 0.6) is 0 Å². The maximum Gasteiger partial charge on any atom is 0.121 e. The van der Waals surface area contributed by atoms with Crippen LogP contribution in [-0.4, -0.2) is 41.7 Å². The zero-order chi connectivity index (χ0) is 25.5. The Kier molecular flexibility index (Phi) is 9.78. The highest BCUT2D eigenvalue weighted by Gasteiger charge is 2.55. The Hall–Kier alpha value is 0.510. The summed E-state index contributed by atoms with van der Waals surface area (Å²) < 4.78 is 73.0. The molecular weight excluding hydrogens is 563 g/mol. The molecule has 0 heterocycles. The Bertz CT molecular complexity index is 824. The molecule has 1 fully saturated rings. The van der Waals surface area contributed by atoms with E-state index in [1.54, 1.807) is 0 Å².